The Hall–Kier alpha value is -2.98. The van der Waals surface area contributed by atoms with Crippen LogP contribution in [0.4, 0.5) is 4.79 Å². The van der Waals surface area contributed by atoms with Crippen molar-refractivity contribution in [2.75, 3.05) is 6.61 Å². The molecular weight excluding hydrogens is 474 g/mol. The lowest BCUT2D eigenvalue weighted by Crippen LogP contribution is -2.82. The molecule has 0 aromatic heterocycles. The number of para-hydroxylation sites is 1. The van der Waals surface area contributed by atoms with Gasteiger partial charge in [-0.15, -0.1) is 0 Å². The molecule has 0 radical (unpaired) electrons. The van der Waals surface area contributed by atoms with Crippen molar-refractivity contribution in [1.82, 2.24) is 15.5 Å². The van der Waals surface area contributed by atoms with Gasteiger partial charge in [-0.25, -0.2) is 4.79 Å². The van der Waals surface area contributed by atoms with E-state index in [2.05, 4.69) is 10.6 Å². The molecule has 2 saturated heterocycles. The van der Waals surface area contributed by atoms with E-state index in [4.69, 9.17) is 9.47 Å². The van der Waals surface area contributed by atoms with E-state index in [1.807, 2.05) is 38.1 Å². The average Bonchev–Trinajstić information content (AvgIpc) is 2.91. The van der Waals surface area contributed by atoms with Crippen LogP contribution in [0.15, 0.2) is 48.5 Å². The van der Waals surface area contributed by atoms with E-state index in [-0.39, 0.29) is 5.56 Å². The summed E-state index contributed by atoms with van der Waals surface area (Å²) >= 11 is 0. The predicted octanol–water partition coefficient (Wildman–Crippen LogP) is 2.69. The van der Waals surface area contributed by atoms with Crippen molar-refractivity contribution in [3.05, 3.63) is 65.2 Å². The number of hydrogen-bond acceptors (Lipinski definition) is 7. The first-order valence-electron chi connectivity index (χ1n) is 13.1. The second-order valence-corrected chi connectivity index (χ2v) is 10.0. The molecule has 37 heavy (non-hydrogen) atoms. The number of nitrogens with zero attached hydrogens (tertiary/aromatic N) is 1. The zero-order chi connectivity index (χ0) is 26.2. The summed E-state index contributed by atoms with van der Waals surface area (Å²) in [7, 11) is 0. The van der Waals surface area contributed by atoms with Crippen LogP contribution in [0.2, 0.25) is 0 Å². The molecule has 3 aliphatic heterocycles. The van der Waals surface area contributed by atoms with Gasteiger partial charge in [-0.3, -0.25) is 10.1 Å². The number of benzene rings is 2. The number of hydrogen-bond donors (Lipinski definition) is 4. The molecule has 9 nitrogen and oxygen atoms in total. The van der Waals surface area contributed by atoms with Gasteiger partial charge in [-0.05, 0) is 62.3 Å². The van der Waals surface area contributed by atoms with Crippen molar-refractivity contribution >= 4 is 11.9 Å². The third kappa shape index (κ3) is 4.20. The van der Waals surface area contributed by atoms with Crippen LogP contribution >= 0.6 is 0 Å². The quantitative estimate of drug-likeness (QED) is 0.489. The van der Waals surface area contributed by atoms with Crippen LogP contribution < -0.4 is 15.4 Å². The van der Waals surface area contributed by atoms with E-state index in [0.29, 0.717) is 51.0 Å². The van der Waals surface area contributed by atoms with E-state index >= 15 is 0 Å². The molecule has 198 valence electrons. The number of urea groups is 1. The summed E-state index contributed by atoms with van der Waals surface area (Å²) in [5, 5.41) is 29.2. The molecule has 2 aromatic carbocycles. The number of amides is 3. The zero-order valence-electron chi connectivity index (χ0n) is 21.3. The van der Waals surface area contributed by atoms with E-state index in [1.54, 1.807) is 24.3 Å². The number of piperidine rings is 1. The maximum absolute atomic E-state index is 13.8. The topological polar surface area (TPSA) is 120 Å². The van der Waals surface area contributed by atoms with Gasteiger partial charge in [0.25, 0.3) is 5.91 Å². The molecule has 2 aromatic rings. The maximum Gasteiger partial charge on any atom is 0.325 e. The molecule has 3 amide bonds. The number of carbonyl (C=O) groups excluding carboxylic acids is 2. The van der Waals surface area contributed by atoms with Gasteiger partial charge < -0.3 is 29.9 Å². The van der Waals surface area contributed by atoms with Crippen LogP contribution in [0.3, 0.4) is 0 Å². The third-order valence-electron chi connectivity index (χ3n) is 8.19. The number of imide groups is 1. The van der Waals surface area contributed by atoms with Crippen LogP contribution in [0.5, 0.6) is 5.75 Å². The van der Waals surface area contributed by atoms with Gasteiger partial charge in [0, 0.05) is 6.54 Å². The van der Waals surface area contributed by atoms with Crippen LogP contribution in [0, 0.1) is 0 Å². The Bertz CT molecular complexity index is 1170. The molecule has 0 aliphatic carbocycles. The number of aliphatic hydroxyl groups excluding tert-OH is 1. The van der Waals surface area contributed by atoms with Gasteiger partial charge in [-0.2, -0.15) is 0 Å². The van der Waals surface area contributed by atoms with Crippen molar-refractivity contribution < 1.29 is 29.3 Å². The Kier molecular flexibility index (Phi) is 6.97. The predicted molar refractivity (Wildman–Crippen MR) is 136 cm³/mol. The van der Waals surface area contributed by atoms with Gasteiger partial charge in [-0.1, -0.05) is 43.3 Å². The van der Waals surface area contributed by atoms with Crippen molar-refractivity contribution in [3.8, 4) is 5.75 Å². The van der Waals surface area contributed by atoms with Crippen molar-refractivity contribution in [2.45, 2.75) is 82.2 Å². The molecule has 9 heteroatoms. The molecule has 5 rings (SSSR count). The van der Waals surface area contributed by atoms with Crippen LogP contribution in [0.1, 0.15) is 61.0 Å². The van der Waals surface area contributed by atoms with Gasteiger partial charge in [0.1, 0.15) is 11.3 Å². The molecule has 5 atom stereocenters. The van der Waals surface area contributed by atoms with E-state index in [0.717, 1.165) is 11.1 Å². The summed E-state index contributed by atoms with van der Waals surface area (Å²) in [6.07, 6.45) is 1.12. The highest BCUT2D eigenvalue weighted by Crippen LogP contribution is 2.50. The van der Waals surface area contributed by atoms with Crippen LogP contribution in [-0.2, 0) is 17.7 Å². The smallest absolute Gasteiger partial charge is 0.325 e. The number of fused-ring (bicyclic) bond motifs is 3. The van der Waals surface area contributed by atoms with Crippen molar-refractivity contribution in [3.63, 3.8) is 0 Å². The summed E-state index contributed by atoms with van der Waals surface area (Å²) in [5.41, 5.74) is 1.31. The fourth-order valence-electron chi connectivity index (χ4n) is 6.41. The number of carbonyl (C=O) groups is 2. The number of morpholine rings is 1. The van der Waals surface area contributed by atoms with Gasteiger partial charge in [0.2, 0.25) is 5.79 Å². The molecule has 4 unspecified atom stereocenters. The Balaban J connectivity index is 1.48. The molecule has 3 heterocycles. The second kappa shape index (κ2) is 10.1. The number of nitrogens with one attached hydrogen (secondary N) is 2. The summed E-state index contributed by atoms with van der Waals surface area (Å²) in [6, 6.07) is 12.8. The fraction of sp³-hybridized carbons (Fsp3) is 0.500. The lowest BCUT2D eigenvalue weighted by Gasteiger charge is -2.64. The number of rotatable bonds is 5. The maximum atomic E-state index is 13.8. The molecular formula is C28H35N3O6. The standard InChI is InChI=1S/C28H35N3O6/c1-3-27-15-9-13-21(31(27)26(34)30-24(32)20-12-7-8-14-22(20)36-4-2)25(33)37-28(27,35)23-16-18-10-5-6-11-19(18)17-29-23/h5-8,10-12,14,21,23,25,29,33,35H,3-4,9,13,15-17H2,1-2H3,(H,30,32,34)/t21?,23?,25?,27-,28?/m1/s1. The average molecular weight is 510 g/mol. The van der Waals surface area contributed by atoms with E-state index < -0.39 is 41.6 Å². The second-order valence-electron chi connectivity index (χ2n) is 10.0. The summed E-state index contributed by atoms with van der Waals surface area (Å²) in [5.74, 6) is -2.10. The first-order chi connectivity index (χ1) is 17.8. The first-order valence-corrected chi connectivity index (χ1v) is 13.1. The Morgan fingerprint density at radius 1 is 1.16 bits per heavy atom. The summed E-state index contributed by atoms with van der Waals surface area (Å²) in [6.45, 7) is 4.63. The van der Waals surface area contributed by atoms with Gasteiger partial charge in [0.15, 0.2) is 6.29 Å². The van der Waals surface area contributed by atoms with E-state index in [9.17, 15) is 19.8 Å². The lowest BCUT2D eigenvalue weighted by molar-refractivity contribution is -0.391. The molecule has 3 aliphatic rings. The Morgan fingerprint density at radius 2 is 1.89 bits per heavy atom. The van der Waals surface area contributed by atoms with E-state index in [1.165, 1.54) is 4.90 Å². The summed E-state index contributed by atoms with van der Waals surface area (Å²) < 4.78 is 11.6. The van der Waals surface area contributed by atoms with Crippen molar-refractivity contribution in [1.29, 1.82) is 0 Å². The third-order valence-corrected chi connectivity index (χ3v) is 8.19. The molecule has 2 bridgehead atoms. The van der Waals surface area contributed by atoms with Crippen LogP contribution in [-0.4, -0.2) is 63.4 Å². The van der Waals surface area contributed by atoms with Gasteiger partial charge in [0.05, 0.1) is 24.3 Å². The molecule has 0 spiro atoms. The van der Waals surface area contributed by atoms with Gasteiger partial charge >= 0.3 is 6.03 Å². The fourth-order valence-corrected chi connectivity index (χ4v) is 6.41. The largest absolute Gasteiger partial charge is 0.493 e. The zero-order valence-corrected chi connectivity index (χ0v) is 21.3. The van der Waals surface area contributed by atoms with Crippen molar-refractivity contribution in [2.24, 2.45) is 0 Å². The molecule has 4 N–H and O–H groups in total. The molecule has 2 fully saturated rings. The Labute approximate surface area is 216 Å². The Morgan fingerprint density at radius 3 is 2.65 bits per heavy atom. The molecule has 0 saturated carbocycles. The number of aliphatic hydroxyl groups is 2. The minimum absolute atomic E-state index is 0.239. The summed E-state index contributed by atoms with van der Waals surface area (Å²) in [4.78, 5) is 28.5. The minimum Gasteiger partial charge on any atom is -0.493 e. The SMILES string of the molecule is CCOc1ccccc1C(=O)NC(=O)N1C2CCC[C@]1(CC)C(O)(C1Cc3ccccc3CN1)OC2O. The highest BCUT2D eigenvalue weighted by atomic mass is 16.7. The minimum atomic E-state index is -1.88. The highest BCUT2D eigenvalue weighted by molar-refractivity contribution is 6.06. The number of ether oxygens (including phenoxy) is 2. The normalized spacial score (nSPS) is 30.8. The monoisotopic (exact) mass is 509 g/mol. The highest BCUT2D eigenvalue weighted by Gasteiger charge is 2.67. The lowest BCUT2D eigenvalue weighted by atomic mass is 9.69. The van der Waals surface area contributed by atoms with Crippen LogP contribution in [0.25, 0.3) is 0 Å². The first kappa shape index (κ1) is 25.7.